The van der Waals surface area contributed by atoms with Crippen molar-refractivity contribution in [2.75, 3.05) is 26.1 Å². The predicted octanol–water partition coefficient (Wildman–Crippen LogP) is 2.40. The largest absolute Gasteiger partial charge is 0.493 e. The molecular formula is C15H23NO4. The Morgan fingerprint density at radius 2 is 2.05 bits per heavy atom. The first-order valence-corrected chi connectivity index (χ1v) is 6.62. The van der Waals surface area contributed by atoms with Gasteiger partial charge in [-0.25, -0.2) is 0 Å². The van der Waals surface area contributed by atoms with E-state index in [0.717, 1.165) is 0 Å². The molecule has 0 aromatic heterocycles. The molecule has 1 aromatic carbocycles. The maximum Gasteiger partial charge on any atom is 0.309 e. The summed E-state index contributed by atoms with van der Waals surface area (Å²) in [6, 6.07) is 7.09. The van der Waals surface area contributed by atoms with E-state index in [9.17, 15) is 4.79 Å². The number of carbonyl (C=O) groups excluding carboxylic acids is 1. The van der Waals surface area contributed by atoms with Gasteiger partial charge in [0.15, 0.2) is 0 Å². The Morgan fingerprint density at radius 3 is 2.70 bits per heavy atom. The Kier molecular flexibility index (Phi) is 6.31. The van der Waals surface area contributed by atoms with Crippen LogP contribution in [0.3, 0.4) is 0 Å². The second kappa shape index (κ2) is 7.75. The Hall–Kier alpha value is -1.75. The van der Waals surface area contributed by atoms with Gasteiger partial charge in [0.1, 0.15) is 5.75 Å². The number of ether oxygens (including phenoxy) is 3. The van der Waals surface area contributed by atoms with Crippen LogP contribution in [0, 0.1) is 0 Å². The van der Waals surface area contributed by atoms with Gasteiger partial charge in [-0.2, -0.15) is 0 Å². The van der Waals surface area contributed by atoms with Gasteiger partial charge in [0.25, 0.3) is 0 Å². The van der Waals surface area contributed by atoms with Gasteiger partial charge < -0.3 is 19.9 Å². The fourth-order valence-corrected chi connectivity index (χ4v) is 1.44. The minimum absolute atomic E-state index is 0.211. The van der Waals surface area contributed by atoms with Crippen LogP contribution in [-0.2, 0) is 14.3 Å². The highest BCUT2D eigenvalue weighted by Gasteiger charge is 2.16. The lowest BCUT2D eigenvalue weighted by molar-refractivity contribution is -0.145. The summed E-state index contributed by atoms with van der Waals surface area (Å²) in [5.74, 6) is 0.374. The van der Waals surface area contributed by atoms with Crippen LogP contribution >= 0.6 is 0 Å². The third-order valence-corrected chi connectivity index (χ3v) is 2.95. The van der Waals surface area contributed by atoms with E-state index in [1.165, 1.54) is 0 Å². The molecule has 0 atom stereocenters. The number of benzene rings is 1. The van der Waals surface area contributed by atoms with Gasteiger partial charge in [0, 0.05) is 25.3 Å². The van der Waals surface area contributed by atoms with E-state index in [0.29, 0.717) is 24.5 Å². The Balaban J connectivity index is 2.17. The van der Waals surface area contributed by atoms with Crippen molar-refractivity contribution in [3.05, 3.63) is 24.3 Å². The number of carbonyl (C=O) groups is 1. The van der Waals surface area contributed by atoms with Crippen molar-refractivity contribution < 1.29 is 19.0 Å². The summed E-state index contributed by atoms with van der Waals surface area (Å²) >= 11 is 0. The average Bonchev–Trinajstić information content (AvgIpc) is 2.38. The lowest BCUT2D eigenvalue weighted by Gasteiger charge is -2.22. The van der Waals surface area contributed by atoms with Crippen molar-refractivity contribution in [3.63, 3.8) is 0 Å². The fourth-order valence-electron chi connectivity index (χ4n) is 1.44. The first-order valence-electron chi connectivity index (χ1n) is 6.62. The third-order valence-electron chi connectivity index (χ3n) is 2.95. The Morgan fingerprint density at radius 1 is 1.30 bits per heavy atom. The molecule has 20 heavy (non-hydrogen) atoms. The summed E-state index contributed by atoms with van der Waals surface area (Å²) in [4.78, 5) is 11.5. The molecule has 5 nitrogen and oxygen atoms in total. The molecule has 0 heterocycles. The van der Waals surface area contributed by atoms with Crippen LogP contribution in [0.5, 0.6) is 5.75 Å². The quantitative estimate of drug-likeness (QED) is 0.585. The van der Waals surface area contributed by atoms with Gasteiger partial charge in [-0.05, 0) is 26.0 Å². The number of rotatable bonds is 8. The van der Waals surface area contributed by atoms with Gasteiger partial charge in [0.05, 0.1) is 25.2 Å². The van der Waals surface area contributed by atoms with Crippen LogP contribution in [-0.4, -0.2) is 31.9 Å². The molecule has 1 aromatic rings. The number of nitrogens with two attached hydrogens (primary N) is 1. The molecule has 0 spiro atoms. The molecular weight excluding hydrogens is 258 g/mol. The summed E-state index contributed by atoms with van der Waals surface area (Å²) in [5.41, 5.74) is 5.98. The zero-order valence-corrected chi connectivity index (χ0v) is 12.3. The van der Waals surface area contributed by atoms with Gasteiger partial charge in [-0.3, -0.25) is 4.79 Å². The second-order valence-corrected chi connectivity index (χ2v) is 5.11. The van der Waals surface area contributed by atoms with E-state index >= 15 is 0 Å². The molecule has 112 valence electrons. The van der Waals surface area contributed by atoms with Gasteiger partial charge in [-0.15, -0.1) is 0 Å². The summed E-state index contributed by atoms with van der Waals surface area (Å²) < 4.78 is 15.8. The molecule has 0 aliphatic heterocycles. The number of esters is 1. The van der Waals surface area contributed by atoms with Crippen molar-refractivity contribution in [2.24, 2.45) is 0 Å². The number of nitrogen functional groups attached to an aromatic ring is 1. The number of methoxy groups -OCH3 is 1. The highest BCUT2D eigenvalue weighted by Crippen LogP contribution is 2.15. The van der Waals surface area contributed by atoms with Gasteiger partial charge >= 0.3 is 5.97 Å². The first kappa shape index (κ1) is 16.3. The summed E-state index contributed by atoms with van der Waals surface area (Å²) in [6.07, 6.45) is 0.869. The lowest BCUT2D eigenvalue weighted by Crippen LogP contribution is -2.25. The number of anilines is 1. The number of hydrogen-bond acceptors (Lipinski definition) is 5. The average molecular weight is 281 g/mol. The molecule has 0 aliphatic carbocycles. The highest BCUT2D eigenvalue weighted by atomic mass is 16.5. The molecule has 5 heteroatoms. The molecule has 0 radical (unpaired) electrons. The maximum atomic E-state index is 11.5. The monoisotopic (exact) mass is 281 g/mol. The van der Waals surface area contributed by atoms with Gasteiger partial charge in [0.2, 0.25) is 0 Å². The summed E-state index contributed by atoms with van der Waals surface area (Å²) in [7, 11) is 1.64. The second-order valence-electron chi connectivity index (χ2n) is 5.11. The van der Waals surface area contributed by atoms with E-state index in [2.05, 4.69) is 0 Å². The molecule has 0 saturated carbocycles. The van der Waals surface area contributed by atoms with Crippen LogP contribution in [0.1, 0.15) is 26.7 Å². The Bertz CT molecular complexity index is 432. The minimum atomic E-state index is -0.279. The third kappa shape index (κ3) is 6.43. The standard InChI is InChI=1S/C15H23NO4/c1-15(2,18-3)8-10-20-14(17)7-9-19-13-6-4-5-12(16)11-13/h4-6,11H,7-10,16H2,1-3H3. The van der Waals surface area contributed by atoms with E-state index in [-0.39, 0.29) is 24.6 Å². The lowest BCUT2D eigenvalue weighted by atomic mass is 10.1. The maximum absolute atomic E-state index is 11.5. The van der Waals surface area contributed by atoms with Crippen LogP contribution in [0.15, 0.2) is 24.3 Å². The molecule has 0 aliphatic rings. The van der Waals surface area contributed by atoms with E-state index in [1.54, 1.807) is 31.4 Å². The minimum Gasteiger partial charge on any atom is -0.493 e. The SMILES string of the molecule is COC(C)(C)CCOC(=O)CCOc1cccc(N)c1. The van der Waals surface area contributed by atoms with Crippen molar-refractivity contribution in [2.45, 2.75) is 32.3 Å². The summed E-state index contributed by atoms with van der Waals surface area (Å²) in [6.45, 7) is 4.52. The predicted molar refractivity (Wildman–Crippen MR) is 77.6 cm³/mol. The zero-order chi connectivity index (χ0) is 15.0. The van der Waals surface area contributed by atoms with Crippen molar-refractivity contribution in [1.29, 1.82) is 0 Å². The van der Waals surface area contributed by atoms with Crippen LogP contribution in [0.25, 0.3) is 0 Å². The molecule has 0 bridgehead atoms. The first-order chi connectivity index (χ1) is 9.43. The molecule has 1 rings (SSSR count). The van der Waals surface area contributed by atoms with Crippen LogP contribution in [0.2, 0.25) is 0 Å². The normalized spacial score (nSPS) is 11.2. The van der Waals surface area contributed by atoms with Crippen LogP contribution in [0.4, 0.5) is 5.69 Å². The zero-order valence-electron chi connectivity index (χ0n) is 12.3. The van der Waals surface area contributed by atoms with Crippen LogP contribution < -0.4 is 10.5 Å². The molecule has 0 amide bonds. The smallest absolute Gasteiger partial charge is 0.309 e. The van der Waals surface area contributed by atoms with Gasteiger partial charge in [-0.1, -0.05) is 6.07 Å². The molecule has 0 fully saturated rings. The fraction of sp³-hybridized carbons (Fsp3) is 0.533. The van der Waals surface area contributed by atoms with E-state index < -0.39 is 0 Å². The van der Waals surface area contributed by atoms with E-state index in [1.807, 2.05) is 13.8 Å². The number of hydrogen-bond donors (Lipinski definition) is 1. The molecule has 2 N–H and O–H groups in total. The molecule has 0 unspecified atom stereocenters. The van der Waals surface area contributed by atoms with Crippen molar-refractivity contribution >= 4 is 11.7 Å². The highest BCUT2D eigenvalue weighted by molar-refractivity contribution is 5.69. The molecule has 0 saturated heterocycles. The Labute approximate surface area is 120 Å². The van der Waals surface area contributed by atoms with E-state index in [4.69, 9.17) is 19.9 Å². The van der Waals surface area contributed by atoms with Crippen molar-refractivity contribution in [3.8, 4) is 5.75 Å². The summed E-state index contributed by atoms with van der Waals surface area (Å²) in [5, 5.41) is 0. The van der Waals surface area contributed by atoms with Crippen molar-refractivity contribution in [1.82, 2.24) is 0 Å². The topological polar surface area (TPSA) is 70.8 Å².